The van der Waals surface area contributed by atoms with Gasteiger partial charge < -0.3 is 14.7 Å². The molecule has 5 heteroatoms. The van der Waals surface area contributed by atoms with E-state index >= 15 is 0 Å². The highest BCUT2D eigenvalue weighted by atomic mass is 16.5. The normalized spacial score (nSPS) is 42.4. The van der Waals surface area contributed by atoms with Gasteiger partial charge in [-0.1, -0.05) is 19.1 Å². The zero-order valence-electron chi connectivity index (χ0n) is 10.5. The van der Waals surface area contributed by atoms with E-state index in [9.17, 15) is 14.7 Å². The Morgan fingerprint density at radius 3 is 3.06 bits per heavy atom. The summed E-state index contributed by atoms with van der Waals surface area (Å²) in [6.45, 7) is 4.50. The van der Waals surface area contributed by atoms with Crippen LogP contribution in [-0.2, 0) is 14.3 Å². The monoisotopic (exact) mass is 251 g/mol. The Morgan fingerprint density at radius 1 is 1.72 bits per heavy atom. The molecule has 3 rings (SSSR count). The van der Waals surface area contributed by atoms with Crippen LogP contribution in [0.5, 0.6) is 0 Å². The van der Waals surface area contributed by atoms with Gasteiger partial charge in [0.05, 0.1) is 18.6 Å². The summed E-state index contributed by atoms with van der Waals surface area (Å²) in [5, 5.41) is 9.29. The second kappa shape index (κ2) is 3.57. The van der Waals surface area contributed by atoms with E-state index in [0.29, 0.717) is 6.54 Å². The number of carboxylic acids is 1. The lowest BCUT2D eigenvalue weighted by atomic mass is 9.77. The molecule has 2 bridgehead atoms. The number of rotatable bonds is 3. The van der Waals surface area contributed by atoms with Gasteiger partial charge >= 0.3 is 5.97 Å². The van der Waals surface area contributed by atoms with Gasteiger partial charge in [-0.3, -0.25) is 9.59 Å². The minimum Gasteiger partial charge on any atom is -0.481 e. The molecule has 0 aromatic carbocycles. The van der Waals surface area contributed by atoms with Crippen LogP contribution >= 0.6 is 0 Å². The number of carbonyl (C=O) groups excluding carboxylic acids is 1. The maximum Gasteiger partial charge on any atom is 0.310 e. The average Bonchev–Trinajstić information content (AvgIpc) is 2.96. The summed E-state index contributed by atoms with van der Waals surface area (Å²) in [6.07, 6.45) is 4.11. The quantitative estimate of drug-likeness (QED) is 0.748. The largest absolute Gasteiger partial charge is 0.481 e. The summed E-state index contributed by atoms with van der Waals surface area (Å²) in [5.74, 6) is -2.27. The Kier molecular flexibility index (Phi) is 2.32. The Morgan fingerprint density at radius 2 is 2.44 bits per heavy atom. The predicted octanol–water partition coefficient (Wildman–Crippen LogP) is 0.651. The van der Waals surface area contributed by atoms with Gasteiger partial charge in [-0.15, -0.1) is 0 Å². The molecular weight excluding hydrogens is 234 g/mol. The van der Waals surface area contributed by atoms with E-state index in [-0.39, 0.29) is 11.9 Å². The van der Waals surface area contributed by atoms with E-state index in [4.69, 9.17) is 4.74 Å². The van der Waals surface area contributed by atoms with Gasteiger partial charge in [0, 0.05) is 6.04 Å². The summed E-state index contributed by atoms with van der Waals surface area (Å²) in [4.78, 5) is 25.5. The molecule has 3 aliphatic rings. The van der Waals surface area contributed by atoms with Crippen LogP contribution in [0, 0.1) is 11.8 Å². The van der Waals surface area contributed by atoms with Crippen LogP contribution in [0.3, 0.4) is 0 Å². The molecule has 2 saturated heterocycles. The molecule has 1 N–H and O–H groups in total. The van der Waals surface area contributed by atoms with Crippen LogP contribution in [0.1, 0.15) is 20.3 Å². The Bertz CT molecular complexity index is 446. The number of ether oxygens (including phenoxy) is 1. The first-order chi connectivity index (χ1) is 8.50. The molecule has 98 valence electrons. The molecule has 5 atom stereocenters. The highest BCUT2D eigenvalue weighted by Gasteiger charge is 2.67. The number of aliphatic carboxylic acids is 1. The Hall–Kier alpha value is -1.36. The van der Waals surface area contributed by atoms with Gasteiger partial charge in [-0.25, -0.2) is 0 Å². The Labute approximate surface area is 105 Å². The molecule has 0 aliphatic carbocycles. The number of carbonyl (C=O) groups is 2. The van der Waals surface area contributed by atoms with Crippen molar-refractivity contribution >= 4 is 11.9 Å². The van der Waals surface area contributed by atoms with Crippen LogP contribution < -0.4 is 0 Å². The average molecular weight is 251 g/mol. The smallest absolute Gasteiger partial charge is 0.310 e. The maximum absolute atomic E-state index is 12.4. The molecular formula is C13H17NO4. The molecule has 3 heterocycles. The number of amides is 1. The van der Waals surface area contributed by atoms with Crippen molar-refractivity contribution in [3.05, 3.63) is 12.2 Å². The van der Waals surface area contributed by atoms with Crippen molar-refractivity contribution in [1.82, 2.24) is 4.90 Å². The lowest BCUT2D eigenvalue weighted by Crippen LogP contribution is -2.40. The summed E-state index contributed by atoms with van der Waals surface area (Å²) in [7, 11) is 0. The fourth-order valence-corrected chi connectivity index (χ4v) is 3.40. The van der Waals surface area contributed by atoms with Gasteiger partial charge in [-0.05, 0) is 13.3 Å². The van der Waals surface area contributed by atoms with Crippen molar-refractivity contribution in [2.45, 2.75) is 38.0 Å². The molecule has 3 aliphatic heterocycles. The number of carboxylic acid groups (broad SMARTS) is 1. The fourth-order valence-electron chi connectivity index (χ4n) is 3.40. The summed E-state index contributed by atoms with van der Waals surface area (Å²) in [5.41, 5.74) is -0.686. The molecule has 0 saturated carbocycles. The van der Waals surface area contributed by atoms with Crippen LogP contribution in [0.25, 0.3) is 0 Å². The standard InChI is InChI=1S/C13H17NO4/c1-3-7(2)14-6-13-5-4-8(18-13)9(12(16)17)10(13)11(14)15/h4-5,7-10H,3,6H2,1-2H3,(H,16,17)/t7-,8+,9-,10-,13+/m0/s1. The molecule has 5 nitrogen and oxygen atoms in total. The van der Waals surface area contributed by atoms with Crippen molar-refractivity contribution in [3.63, 3.8) is 0 Å². The molecule has 1 amide bonds. The van der Waals surface area contributed by atoms with Crippen molar-refractivity contribution in [3.8, 4) is 0 Å². The first kappa shape index (κ1) is 11.7. The van der Waals surface area contributed by atoms with E-state index in [0.717, 1.165) is 6.42 Å². The van der Waals surface area contributed by atoms with Crippen LogP contribution in [0.15, 0.2) is 12.2 Å². The van der Waals surface area contributed by atoms with Crippen molar-refractivity contribution in [1.29, 1.82) is 0 Å². The highest BCUT2D eigenvalue weighted by Crippen LogP contribution is 2.52. The van der Waals surface area contributed by atoms with E-state index in [1.165, 1.54) is 0 Å². The van der Waals surface area contributed by atoms with Gasteiger partial charge in [0.15, 0.2) is 0 Å². The van der Waals surface area contributed by atoms with E-state index in [1.807, 2.05) is 19.9 Å². The third-order valence-electron chi connectivity index (χ3n) is 4.54. The topological polar surface area (TPSA) is 66.8 Å². The summed E-state index contributed by atoms with van der Waals surface area (Å²) >= 11 is 0. The maximum atomic E-state index is 12.4. The van der Waals surface area contributed by atoms with Crippen LogP contribution in [0.4, 0.5) is 0 Å². The second-order valence-corrected chi connectivity index (χ2v) is 5.46. The Balaban J connectivity index is 1.97. The lowest BCUT2D eigenvalue weighted by molar-refractivity contribution is -0.148. The van der Waals surface area contributed by atoms with Gasteiger partial charge in [-0.2, -0.15) is 0 Å². The summed E-state index contributed by atoms with van der Waals surface area (Å²) in [6, 6.07) is 0.128. The zero-order valence-corrected chi connectivity index (χ0v) is 10.5. The fraction of sp³-hybridized carbons (Fsp3) is 0.692. The molecule has 18 heavy (non-hydrogen) atoms. The van der Waals surface area contributed by atoms with Gasteiger partial charge in [0.25, 0.3) is 0 Å². The van der Waals surface area contributed by atoms with Crippen LogP contribution in [-0.4, -0.2) is 46.2 Å². The molecule has 0 unspecified atom stereocenters. The SMILES string of the molecule is CC[C@H](C)N1C[C@@]23C=C[C@@H](O2)[C@H](C(=O)O)[C@H]3C1=O. The van der Waals surface area contributed by atoms with Crippen LogP contribution in [0.2, 0.25) is 0 Å². The minimum absolute atomic E-state index is 0.0661. The number of hydrogen-bond donors (Lipinski definition) is 1. The number of likely N-dealkylation sites (tertiary alicyclic amines) is 1. The predicted molar refractivity (Wildman–Crippen MR) is 62.8 cm³/mol. The number of fused-ring (bicyclic) bond motifs is 1. The van der Waals surface area contributed by atoms with E-state index in [2.05, 4.69) is 0 Å². The van der Waals surface area contributed by atoms with Gasteiger partial charge in [0.1, 0.15) is 11.5 Å². The zero-order chi connectivity index (χ0) is 13.1. The number of hydrogen-bond acceptors (Lipinski definition) is 3. The molecule has 0 radical (unpaired) electrons. The summed E-state index contributed by atoms with van der Waals surface area (Å²) < 4.78 is 5.80. The van der Waals surface area contributed by atoms with Gasteiger partial charge in [0.2, 0.25) is 5.91 Å². The van der Waals surface area contributed by atoms with Crippen molar-refractivity contribution in [2.24, 2.45) is 11.8 Å². The lowest BCUT2D eigenvalue weighted by Gasteiger charge is -2.26. The first-order valence-corrected chi connectivity index (χ1v) is 6.40. The highest BCUT2D eigenvalue weighted by molar-refractivity contribution is 5.90. The number of nitrogens with zero attached hydrogens (tertiary/aromatic N) is 1. The first-order valence-electron chi connectivity index (χ1n) is 6.40. The third-order valence-corrected chi connectivity index (χ3v) is 4.54. The third kappa shape index (κ3) is 1.25. The molecule has 1 spiro atoms. The molecule has 0 aromatic rings. The molecule has 0 aromatic heterocycles. The van der Waals surface area contributed by atoms with E-state index in [1.54, 1.807) is 11.0 Å². The minimum atomic E-state index is -0.935. The van der Waals surface area contributed by atoms with Crippen molar-refractivity contribution < 1.29 is 19.4 Å². The van der Waals surface area contributed by atoms with Crippen molar-refractivity contribution in [2.75, 3.05) is 6.54 Å². The van der Waals surface area contributed by atoms with E-state index < -0.39 is 29.5 Å². The molecule has 2 fully saturated rings. The second-order valence-electron chi connectivity index (χ2n) is 5.46.